The maximum Gasteiger partial charge on any atom is 0.319 e. The van der Waals surface area contributed by atoms with E-state index in [1.165, 1.54) is 0 Å². The predicted molar refractivity (Wildman–Crippen MR) is 95.5 cm³/mol. The van der Waals surface area contributed by atoms with Crippen molar-refractivity contribution in [3.63, 3.8) is 0 Å². The predicted octanol–water partition coefficient (Wildman–Crippen LogP) is 3.57. The Morgan fingerprint density at radius 3 is 2.80 bits per heavy atom. The van der Waals surface area contributed by atoms with Crippen molar-refractivity contribution in [3.05, 3.63) is 48.0 Å². The maximum absolute atomic E-state index is 12.1. The van der Waals surface area contributed by atoms with E-state index in [9.17, 15) is 4.79 Å². The number of amides is 2. The van der Waals surface area contributed by atoms with Crippen LogP contribution in [0.15, 0.2) is 42.5 Å². The van der Waals surface area contributed by atoms with Gasteiger partial charge in [0.05, 0.1) is 11.8 Å². The molecule has 6 nitrogen and oxygen atoms in total. The van der Waals surface area contributed by atoms with Crippen LogP contribution >= 0.6 is 0 Å². The number of benzene rings is 2. The number of anilines is 1. The summed E-state index contributed by atoms with van der Waals surface area (Å²) < 4.78 is 16.3. The molecule has 0 fully saturated rings. The number of fused-ring (bicyclic) bond motifs is 1. The smallest absolute Gasteiger partial charge is 0.319 e. The Morgan fingerprint density at radius 1 is 1.16 bits per heavy atom. The zero-order valence-electron chi connectivity index (χ0n) is 14.4. The molecule has 0 saturated carbocycles. The third-order valence-electron chi connectivity index (χ3n) is 3.63. The van der Waals surface area contributed by atoms with Crippen molar-refractivity contribution in [1.82, 2.24) is 5.32 Å². The SMILES string of the molecule is CC(C)Oc1ccccc1NC(=O)NCCc1ccc2c(c1)OCO2. The van der Waals surface area contributed by atoms with Gasteiger partial charge in [0.25, 0.3) is 0 Å². The van der Waals surface area contributed by atoms with Crippen molar-refractivity contribution < 1.29 is 19.0 Å². The molecule has 0 spiro atoms. The summed E-state index contributed by atoms with van der Waals surface area (Å²) in [4.78, 5) is 12.1. The van der Waals surface area contributed by atoms with Gasteiger partial charge < -0.3 is 24.8 Å². The van der Waals surface area contributed by atoms with Crippen molar-refractivity contribution >= 4 is 11.7 Å². The van der Waals surface area contributed by atoms with E-state index in [0.717, 1.165) is 17.1 Å². The Morgan fingerprint density at radius 2 is 1.96 bits per heavy atom. The molecule has 3 rings (SSSR count). The van der Waals surface area contributed by atoms with Crippen molar-refractivity contribution in [2.45, 2.75) is 26.4 Å². The van der Waals surface area contributed by atoms with Crippen LogP contribution in [0.2, 0.25) is 0 Å². The number of para-hydroxylation sites is 2. The van der Waals surface area contributed by atoms with Crippen LogP contribution in [0, 0.1) is 0 Å². The van der Waals surface area contributed by atoms with E-state index >= 15 is 0 Å². The third-order valence-corrected chi connectivity index (χ3v) is 3.63. The molecule has 1 aliphatic heterocycles. The van der Waals surface area contributed by atoms with Crippen molar-refractivity contribution in [3.8, 4) is 17.2 Å². The van der Waals surface area contributed by atoms with Crippen LogP contribution in [0.5, 0.6) is 17.2 Å². The average Bonchev–Trinajstić information content (AvgIpc) is 3.04. The van der Waals surface area contributed by atoms with Gasteiger partial charge in [0, 0.05) is 6.54 Å². The molecule has 1 aliphatic rings. The van der Waals surface area contributed by atoms with Gasteiger partial charge in [-0.05, 0) is 50.1 Å². The second-order valence-corrected chi connectivity index (χ2v) is 5.98. The highest BCUT2D eigenvalue weighted by Gasteiger charge is 2.13. The van der Waals surface area contributed by atoms with Crippen LogP contribution in [0.4, 0.5) is 10.5 Å². The summed E-state index contributed by atoms with van der Waals surface area (Å²) >= 11 is 0. The molecule has 0 aromatic heterocycles. The van der Waals surface area contributed by atoms with Crippen LogP contribution in [-0.4, -0.2) is 25.5 Å². The van der Waals surface area contributed by atoms with Gasteiger partial charge >= 0.3 is 6.03 Å². The number of hydrogen-bond donors (Lipinski definition) is 2. The molecule has 132 valence electrons. The van der Waals surface area contributed by atoms with E-state index in [2.05, 4.69) is 10.6 Å². The van der Waals surface area contributed by atoms with Crippen LogP contribution in [0.25, 0.3) is 0 Å². The monoisotopic (exact) mass is 342 g/mol. The van der Waals surface area contributed by atoms with Gasteiger partial charge in [-0.15, -0.1) is 0 Å². The first-order valence-electron chi connectivity index (χ1n) is 8.31. The minimum absolute atomic E-state index is 0.0389. The van der Waals surface area contributed by atoms with Gasteiger partial charge in [-0.2, -0.15) is 0 Å². The molecule has 0 atom stereocenters. The zero-order valence-corrected chi connectivity index (χ0v) is 14.4. The fourth-order valence-electron chi connectivity index (χ4n) is 2.51. The molecule has 1 heterocycles. The van der Waals surface area contributed by atoms with Crippen LogP contribution in [-0.2, 0) is 6.42 Å². The Bertz CT molecular complexity index is 746. The summed E-state index contributed by atoms with van der Waals surface area (Å²) in [7, 11) is 0. The molecule has 2 aromatic carbocycles. The highest BCUT2D eigenvalue weighted by Crippen LogP contribution is 2.32. The number of nitrogens with one attached hydrogen (secondary N) is 2. The van der Waals surface area contributed by atoms with E-state index in [-0.39, 0.29) is 18.9 Å². The van der Waals surface area contributed by atoms with E-state index in [4.69, 9.17) is 14.2 Å². The Balaban J connectivity index is 1.50. The van der Waals surface area contributed by atoms with Gasteiger partial charge in [0.1, 0.15) is 5.75 Å². The van der Waals surface area contributed by atoms with E-state index in [1.54, 1.807) is 0 Å². The summed E-state index contributed by atoms with van der Waals surface area (Å²) in [5, 5.41) is 5.67. The topological polar surface area (TPSA) is 68.8 Å². The summed E-state index contributed by atoms with van der Waals surface area (Å²) in [6, 6.07) is 12.9. The normalized spacial score (nSPS) is 12.1. The summed E-state index contributed by atoms with van der Waals surface area (Å²) in [6.07, 6.45) is 0.741. The van der Waals surface area contributed by atoms with Gasteiger partial charge in [0.15, 0.2) is 11.5 Å². The molecular formula is C19H22N2O4. The molecule has 2 aromatic rings. The lowest BCUT2D eigenvalue weighted by atomic mass is 10.1. The molecule has 2 N–H and O–H groups in total. The molecule has 0 aliphatic carbocycles. The molecule has 25 heavy (non-hydrogen) atoms. The molecule has 6 heteroatoms. The third kappa shape index (κ3) is 4.56. The number of carbonyl (C=O) groups excluding carboxylic acids is 1. The molecule has 0 radical (unpaired) electrons. The lowest BCUT2D eigenvalue weighted by Crippen LogP contribution is -2.30. The molecule has 2 amide bonds. The summed E-state index contributed by atoms with van der Waals surface area (Å²) in [5.41, 5.74) is 1.73. The van der Waals surface area contributed by atoms with E-state index in [0.29, 0.717) is 24.4 Å². The van der Waals surface area contributed by atoms with E-state index in [1.807, 2.05) is 56.3 Å². The minimum atomic E-state index is -0.263. The van der Waals surface area contributed by atoms with Gasteiger partial charge in [-0.3, -0.25) is 0 Å². The molecule has 0 bridgehead atoms. The summed E-state index contributed by atoms with van der Waals surface area (Å²) in [6.45, 7) is 4.67. The van der Waals surface area contributed by atoms with Crippen LogP contribution in [0.1, 0.15) is 19.4 Å². The van der Waals surface area contributed by atoms with Crippen LogP contribution in [0.3, 0.4) is 0 Å². The standard InChI is InChI=1S/C19H22N2O4/c1-13(2)25-16-6-4-3-5-15(16)21-19(22)20-10-9-14-7-8-17-18(11-14)24-12-23-17/h3-8,11,13H,9-10,12H2,1-2H3,(H2,20,21,22). The first-order chi connectivity index (χ1) is 12.1. The second kappa shape index (κ2) is 7.79. The average molecular weight is 342 g/mol. The number of urea groups is 1. The van der Waals surface area contributed by atoms with Crippen molar-refractivity contribution in [2.75, 3.05) is 18.7 Å². The fourth-order valence-corrected chi connectivity index (χ4v) is 2.51. The Kier molecular flexibility index (Phi) is 5.28. The Hall–Kier alpha value is -2.89. The molecular weight excluding hydrogens is 320 g/mol. The van der Waals surface area contributed by atoms with Gasteiger partial charge in [-0.1, -0.05) is 18.2 Å². The largest absolute Gasteiger partial charge is 0.489 e. The second-order valence-electron chi connectivity index (χ2n) is 5.98. The number of ether oxygens (including phenoxy) is 3. The minimum Gasteiger partial charge on any atom is -0.489 e. The quantitative estimate of drug-likeness (QED) is 0.842. The van der Waals surface area contributed by atoms with Crippen molar-refractivity contribution in [1.29, 1.82) is 0 Å². The summed E-state index contributed by atoms with van der Waals surface area (Å²) in [5.74, 6) is 2.17. The lowest BCUT2D eigenvalue weighted by molar-refractivity contribution is 0.174. The highest BCUT2D eigenvalue weighted by atomic mass is 16.7. The van der Waals surface area contributed by atoms with E-state index < -0.39 is 0 Å². The van der Waals surface area contributed by atoms with Gasteiger partial charge in [0.2, 0.25) is 6.79 Å². The number of rotatable bonds is 6. The molecule has 0 saturated heterocycles. The van der Waals surface area contributed by atoms with Crippen molar-refractivity contribution in [2.24, 2.45) is 0 Å². The number of carbonyl (C=O) groups is 1. The number of hydrogen-bond acceptors (Lipinski definition) is 4. The van der Waals surface area contributed by atoms with Crippen LogP contribution < -0.4 is 24.8 Å². The lowest BCUT2D eigenvalue weighted by Gasteiger charge is -2.15. The maximum atomic E-state index is 12.1. The fraction of sp³-hybridized carbons (Fsp3) is 0.316. The zero-order chi connectivity index (χ0) is 17.6. The van der Waals surface area contributed by atoms with Gasteiger partial charge in [-0.25, -0.2) is 4.79 Å². The first-order valence-corrected chi connectivity index (χ1v) is 8.31. The highest BCUT2D eigenvalue weighted by molar-refractivity contribution is 5.90. The Labute approximate surface area is 147 Å². The first kappa shape index (κ1) is 17.0. The molecule has 0 unspecified atom stereocenters.